The van der Waals surface area contributed by atoms with Gasteiger partial charge in [0.05, 0.1) is 31.6 Å². The maximum atomic E-state index is 12.7. The second-order valence-electron chi connectivity index (χ2n) is 7.19. The van der Waals surface area contributed by atoms with Crippen molar-refractivity contribution in [3.05, 3.63) is 23.7 Å². The van der Waals surface area contributed by atoms with E-state index in [9.17, 15) is 9.59 Å². The number of carbonyl (C=O) groups excluding carboxylic acids is 2. The standard InChI is InChI=1S/C19H29N3O4/c1-15-17(6-12-26-15)19(24)22(16-3-4-16)9-5-18(23)20-7-2-8-21-10-13-25-14-11-21/h6,12,16H,2-5,7-11,13-14H2,1H3,(H,20,23)/p+1. The molecule has 2 fully saturated rings. The van der Waals surface area contributed by atoms with Crippen molar-refractivity contribution in [2.45, 2.75) is 38.6 Å². The molecule has 26 heavy (non-hydrogen) atoms. The van der Waals surface area contributed by atoms with Crippen LogP contribution < -0.4 is 10.2 Å². The first-order valence-electron chi connectivity index (χ1n) is 9.68. The lowest BCUT2D eigenvalue weighted by molar-refractivity contribution is -0.908. The second-order valence-corrected chi connectivity index (χ2v) is 7.19. The smallest absolute Gasteiger partial charge is 0.257 e. The molecule has 2 aliphatic rings. The number of aryl methyl sites for hydroxylation is 1. The van der Waals surface area contributed by atoms with Gasteiger partial charge >= 0.3 is 0 Å². The number of furan rings is 1. The summed E-state index contributed by atoms with van der Waals surface area (Å²) >= 11 is 0. The molecule has 144 valence electrons. The van der Waals surface area contributed by atoms with Crippen LogP contribution in [0.3, 0.4) is 0 Å². The largest absolute Gasteiger partial charge is 0.469 e. The fourth-order valence-corrected chi connectivity index (χ4v) is 3.38. The van der Waals surface area contributed by atoms with Gasteiger partial charge in [-0.1, -0.05) is 0 Å². The van der Waals surface area contributed by atoms with E-state index in [2.05, 4.69) is 5.32 Å². The van der Waals surface area contributed by atoms with Crippen molar-refractivity contribution in [3.63, 3.8) is 0 Å². The van der Waals surface area contributed by atoms with E-state index < -0.39 is 0 Å². The van der Waals surface area contributed by atoms with E-state index in [-0.39, 0.29) is 17.9 Å². The van der Waals surface area contributed by atoms with Crippen LogP contribution in [0, 0.1) is 6.92 Å². The first-order valence-corrected chi connectivity index (χ1v) is 9.68. The number of morpholine rings is 1. The zero-order chi connectivity index (χ0) is 18.4. The summed E-state index contributed by atoms with van der Waals surface area (Å²) in [6.07, 6.45) is 4.90. The van der Waals surface area contributed by atoms with Crippen molar-refractivity contribution in [3.8, 4) is 0 Å². The molecule has 1 aliphatic heterocycles. The fraction of sp³-hybridized carbons (Fsp3) is 0.684. The van der Waals surface area contributed by atoms with E-state index in [0.29, 0.717) is 30.8 Å². The maximum absolute atomic E-state index is 12.7. The maximum Gasteiger partial charge on any atom is 0.257 e. The van der Waals surface area contributed by atoms with Gasteiger partial charge in [0, 0.05) is 32.0 Å². The summed E-state index contributed by atoms with van der Waals surface area (Å²) in [4.78, 5) is 28.2. The molecule has 2 heterocycles. The third-order valence-corrected chi connectivity index (χ3v) is 5.15. The number of rotatable bonds is 9. The number of hydrogen-bond acceptors (Lipinski definition) is 4. The number of carbonyl (C=O) groups is 2. The van der Waals surface area contributed by atoms with E-state index in [1.54, 1.807) is 17.9 Å². The molecule has 7 heteroatoms. The van der Waals surface area contributed by atoms with Gasteiger partial charge in [0.25, 0.3) is 5.91 Å². The van der Waals surface area contributed by atoms with Gasteiger partial charge in [0.15, 0.2) is 0 Å². The zero-order valence-electron chi connectivity index (χ0n) is 15.6. The average molecular weight is 364 g/mol. The number of hydrogen-bond donors (Lipinski definition) is 2. The predicted molar refractivity (Wildman–Crippen MR) is 96.1 cm³/mol. The normalized spacial score (nSPS) is 17.9. The van der Waals surface area contributed by atoms with E-state index in [0.717, 1.165) is 52.1 Å². The minimum absolute atomic E-state index is 0.0179. The first kappa shape index (κ1) is 18.9. The first-order chi connectivity index (χ1) is 12.6. The average Bonchev–Trinajstić information content (AvgIpc) is 3.39. The van der Waals surface area contributed by atoms with Crippen LogP contribution in [-0.2, 0) is 9.53 Å². The number of nitrogens with one attached hydrogen (secondary N) is 2. The van der Waals surface area contributed by atoms with Crippen molar-refractivity contribution >= 4 is 11.8 Å². The minimum Gasteiger partial charge on any atom is -0.469 e. The van der Waals surface area contributed by atoms with Crippen molar-refractivity contribution < 1.29 is 23.6 Å². The number of amides is 2. The van der Waals surface area contributed by atoms with Gasteiger partial charge in [-0.15, -0.1) is 0 Å². The number of quaternary nitrogens is 1. The van der Waals surface area contributed by atoms with Gasteiger partial charge in [-0.05, 0) is 25.8 Å². The molecule has 1 aromatic rings. The Bertz CT molecular complexity index is 606. The van der Waals surface area contributed by atoms with Crippen LogP contribution in [0.4, 0.5) is 0 Å². The molecule has 2 amide bonds. The molecule has 0 spiro atoms. The highest BCUT2D eigenvalue weighted by atomic mass is 16.5. The van der Waals surface area contributed by atoms with Crippen LogP contribution in [0.5, 0.6) is 0 Å². The summed E-state index contributed by atoms with van der Waals surface area (Å²) in [7, 11) is 0. The Morgan fingerprint density at radius 1 is 1.31 bits per heavy atom. The molecule has 0 radical (unpaired) electrons. The summed E-state index contributed by atoms with van der Waals surface area (Å²) in [5, 5.41) is 2.98. The highest BCUT2D eigenvalue weighted by molar-refractivity contribution is 5.95. The van der Waals surface area contributed by atoms with Crippen LogP contribution in [0.15, 0.2) is 16.7 Å². The molecule has 3 rings (SSSR count). The van der Waals surface area contributed by atoms with Crippen molar-refractivity contribution in [2.24, 2.45) is 0 Å². The highest BCUT2D eigenvalue weighted by Gasteiger charge is 2.34. The topological polar surface area (TPSA) is 76.2 Å². The van der Waals surface area contributed by atoms with Crippen molar-refractivity contribution in [2.75, 3.05) is 45.9 Å². The third kappa shape index (κ3) is 5.32. The van der Waals surface area contributed by atoms with Crippen LogP contribution in [-0.4, -0.2) is 68.7 Å². The van der Waals surface area contributed by atoms with Crippen LogP contribution in [0.25, 0.3) is 0 Å². The molecule has 1 saturated carbocycles. The Hall–Kier alpha value is -1.86. The van der Waals surface area contributed by atoms with Gasteiger partial charge in [-0.25, -0.2) is 0 Å². The highest BCUT2D eigenvalue weighted by Crippen LogP contribution is 2.29. The second kappa shape index (κ2) is 9.19. The predicted octanol–water partition coefficient (Wildman–Crippen LogP) is 0.00412. The fourth-order valence-electron chi connectivity index (χ4n) is 3.38. The van der Waals surface area contributed by atoms with E-state index in [4.69, 9.17) is 9.15 Å². The lowest BCUT2D eigenvalue weighted by Crippen LogP contribution is -3.14. The Morgan fingerprint density at radius 2 is 2.08 bits per heavy atom. The monoisotopic (exact) mass is 364 g/mol. The Morgan fingerprint density at radius 3 is 2.73 bits per heavy atom. The van der Waals surface area contributed by atoms with Crippen molar-refractivity contribution in [1.29, 1.82) is 0 Å². The van der Waals surface area contributed by atoms with Gasteiger partial charge < -0.3 is 24.3 Å². The summed E-state index contributed by atoms with van der Waals surface area (Å²) < 4.78 is 10.6. The molecule has 2 N–H and O–H groups in total. The van der Waals surface area contributed by atoms with Gasteiger partial charge in [0.1, 0.15) is 18.8 Å². The summed E-state index contributed by atoms with van der Waals surface area (Å²) in [6.45, 7) is 7.80. The van der Waals surface area contributed by atoms with Gasteiger partial charge in [-0.2, -0.15) is 0 Å². The molecule has 0 aromatic carbocycles. The zero-order valence-corrected chi connectivity index (χ0v) is 15.6. The molecular weight excluding hydrogens is 334 g/mol. The molecule has 1 saturated heterocycles. The van der Waals surface area contributed by atoms with E-state index >= 15 is 0 Å². The van der Waals surface area contributed by atoms with Crippen molar-refractivity contribution in [1.82, 2.24) is 10.2 Å². The molecule has 0 unspecified atom stereocenters. The van der Waals surface area contributed by atoms with Crippen LogP contribution >= 0.6 is 0 Å². The van der Waals surface area contributed by atoms with E-state index in [1.807, 2.05) is 4.90 Å². The number of ether oxygens (including phenoxy) is 1. The van der Waals surface area contributed by atoms with E-state index in [1.165, 1.54) is 6.26 Å². The van der Waals surface area contributed by atoms with Crippen LogP contribution in [0.1, 0.15) is 41.8 Å². The molecular formula is C19H30N3O4+. The molecule has 1 aliphatic carbocycles. The number of nitrogens with zero attached hydrogens (tertiary/aromatic N) is 1. The Kier molecular flexibility index (Phi) is 6.68. The Balaban J connectivity index is 1.36. The van der Waals surface area contributed by atoms with Gasteiger partial charge in [-0.3, -0.25) is 9.59 Å². The van der Waals surface area contributed by atoms with Crippen LogP contribution in [0.2, 0.25) is 0 Å². The summed E-state index contributed by atoms with van der Waals surface area (Å²) in [6, 6.07) is 1.98. The summed E-state index contributed by atoms with van der Waals surface area (Å²) in [5.74, 6) is 0.627. The minimum atomic E-state index is -0.0255. The molecule has 0 atom stereocenters. The summed E-state index contributed by atoms with van der Waals surface area (Å²) in [5.41, 5.74) is 0.603. The third-order valence-electron chi connectivity index (χ3n) is 5.15. The molecule has 0 bridgehead atoms. The lowest BCUT2D eigenvalue weighted by Gasteiger charge is -2.24. The van der Waals surface area contributed by atoms with Gasteiger partial charge in [0.2, 0.25) is 5.91 Å². The molecule has 1 aromatic heterocycles. The SMILES string of the molecule is Cc1occc1C(=O)N(CCC(=O)NCCC[NH+]1CCOCC1)C1CC1. The Labute approximate surface area is 154 Å². The molecule has 7 nitrogen and oxygen atoms in total. The lowest BCUT2D eigenvalue weighted by atomic mass is 10.2. The quantitative estimate of drug-likeness (QED) is 0.605.